The molecule has 2 rings (SSSR count). The second kappa shape index (κ2) is 7.63. The summed E-state index contributed by atoms with van der Waals surface area (Å²) in [6, 6.07) is 9.23. The summed E-state index contributed by atoms with van der Waals surface area (Å²) in [5.41, 5.74) is 0.541. The Labute approximate surface area is 142 Å². The molecule has 0 radical (unpaired) electrons. The van der Waals surface area contributed by atoms with Crippen LogP contribution in [0.25, 0.3) is 0 Å². The second-order valence-electron chi connectivity index (χ2n) is 5.76. The van der Waals surface area contributed by atoms with E-state index >= 15 is 0 Å². The Morgan fingerprint density at radius 1 is 1.12 bits per heavy atom. The van der Waals surface area contributed by atoms with Gasteiger partial charge in [0.2, 0.25) is 5.95 Å². The lowest BCUT2D eigenvalue weighted by atomic mass is 10.3. The summed E-state index contributed by atoms with van der Waals surface area (Å²) in [5.74, 6) is 1.59. The molecule has 0 aliphatic heterocycles. The van der Waals surface area contributed by atoms with Crippen LogP contribution in [0.3, 0.4) is 0 Å². The molecule has 2 aromatic rings. The lowest BCUT2D eigenvalue weighted by Crippen LogP contribution is -2.31. The molecule has 0 saturated carbocycles. The van der Waals surface area contributed by atoms with Crippen molar-refractivity contribution in [2.45, 2.75) is 13.0 Å². The van der Waals surface area contributed by atoms with Gasteiger partial charge in [-0.2, -0.15) is 4.98 Å². The Balaban J connectivity index is 2.13. The van der Waals surface area contributed by atoms with Gasteiger partial charge in [0.1, 0.15) is 11.4 Å². The van der Waals surface area contributed by atoms with E-state index in [-0.39, 0.29) is 5.91 Å². The van der Waals surface area contributed by atoms with Crippen LogP contribution >= 0.6 is 0 Å². The van der Waals surface area contributed by atoms with Crippen LogP contribution in [-0.2, 0) is 4.79 Å². The van der Waals surface area contributed by atoms with Gasteiger partial charge < -0.3 is 19.9 Å². The van der Waals surface area contributed by atoms with Gasteiger partial charge in [0.15, 0.2) is 11.9 Å². The van der Waals surface area contributed by atoms with Crippen LogP contribution < -0.4 is 19.9 Å². The maximum absolute atomic E-state index is 12.4. The van der Waals surface area contributed by atoms with Crippen molar-refractivity contribution in [3.63, 3.8) is 0 Å². The van der Waals surface area contributed by atoms with Crippen LogP contribution in [-0.4, -0.2) is 50.2 Å². The summed E-state index contributed by atoms with van der Waals surface area (Å²) in [6.45, 7) is 1.70. The summed E-state index contributed by atoms with van der Waals surface area (Å²) < 4.78 is 5.64. The number of nitrogens with one attached hydrogen (secondary N) is 1. The molecule has 1 aromatic carbocycles. The Morgan fingerprint density at radius 3 is 2.38 bits per heavy atom. The molecule has 0 saturated heterocycles. The fraction of sp³-hybridized carbons (Fsp3) is 0.353. The van der Waals surface area contributed by atoms with Crippen LogP contribution in [0, 0.1) is 0 Å². The number of ether oxygens (including phenoxy) is 1. The average Bonchev–Trinajstić information content (AvgIpc) is 2.55. The molecule has 1 N–H and O–H groups in total. The largest absolute Gasteiger partial charge is 0.481 e. The van der Waals surface area contributed by atoms with Crippen LogP contribution in [0.1, 0.15) is 6.92 Å². The zero-order valence-corrected chi connectivity index (χ0v) is 14.6. The molecule has 0 unspecified atom stereocenters. The Morgan fingerprint density at radius 2 is 1.79 bits per heavy atom. The highest BCUT2D eigenvalue weighted by molar-refractivity contribution is 5.96. The highest BCUT2D eigenvalue weighted by atomic mass is 16.5. The predicted molar refractivity (Wildman–Crippen MR) is 95.8 cm³/mol. The SMILES string of the molecule is C[C@@H](Oc1ccccc1)C(=O)Nc1cnc(N(C)C)nc1N(C)C. The van der Waals surface area contributed by atoms with E-state index in [0.717, 1.165) is 0 Å². The number of aromatic nitrogens is 2. The fourth-order valence-corrected chi connectivity index (χ4v) is 2.00. The van der Waals surface area contributed by atoms with E-state index in [0.29, 0.717) is 23.2 Å². The molecular weight excluding hydrogens is 306 g/mol. The molecule has 1 atom stereocenters. The van der Waals surface area contributed by atoms with Crippen molar-refractivity contribution in [2.75, 3.05) is 43.3 Å². The molecule has 0 bridgehead atoms. The van der Waals surface area contributed by atoms with Gasteiger partial charge in [0, 0.05) is 28.2 Å². The van der Waals surface area contributed by atoms with Crippen molar-refractivity contribution in [1.29, 1.82) is 0 Å². The lowest BCUT2D eigenvalue weighted by molar-refractivity contribution is -0.122. The Kier molecular flexibility index (Phi) is 5.57. The number of carbonyl (C=O) groups is 1. The van der Waals surface area contributed by atoms with Crippen LogP contribution in [0.4, 0.5) is 17.5 Å². The van der Waals surface area contributed by atoms with Gasteiger partial charge in [-0.15, -0.1) is 0 Å². The number of amides is 1. The standard InChI is InChI=1S/C17H23N5O2/c1-12(24-13-9-7-6-8-10-13)16(23)19-14-11-18-17(22(4)5)20-15(14)21(2)3/h6-12H,1-5H3,(H,19,23)/t12-/m1/s1. The van der Waals surface area contributed by atoms with Gasteiger partial charge in [-0.25, -0.2) is 4.98 Å². The molecule has 0 aliphatic rings. The number of rotatable bonds is 6. The summed E-state index contributed by atoms with van der Waals surface area (Å²) in [4.78, 5) is 24.7. The molecule has 0 aliphatic carbocycles. The number of carbonyl (C=O) groups excluding carboxylic acids is 1. The van der Waals surface area contributed by atoms with Crippen molar-refractivity contribution in [2.24, 2.45) is 0 Å². The van der Waals surface area contributed by atoms with Crippen molar-refractivity contribution >= 4 is 23.4 Å². The van der Waals surface area contributed by atoms with E-state index in [9.17, 15) is 4.79 Å². The second-order valence-corrected chi connectivity index (χ2v) is 5.76. The first-order valence-corrected chi connectivity index (χ1v) is 7.62. The first-order chi connectivity index (χ1) is 11.4. The predicted octanol–water partition coefficient (Wildman–Crippen LogP) is 2.01. The van der Waals surface area contributed by atoms with E-state index < -0.39 is 6.10 Å². The van der Waals surface area contributed by atoms with Gasteiger partial charge >= 0.3 is 0 Å². The number of nitrogens with zero attached hydrogens (tertiary/aromatic N) is 4. The van der Waals surface area contributed by atoms with Gasteiger partial charge in [0.25, 0.3) is 5.91 Å². The van der Waals surface area contributed by atoms with Crippen LogP contribution in [0.15, 0.2) is 36.5 Å². The summed E-state index contributed by atoms with van der Waals surface area (Å²) in [7, 11) is 7.45. The number of hydrogen-bond donors (Lipinski definition) is 1. The minimum atomic E-state index is -0.643. The third kappa shape index (κ3) is 4.34. The Hall–Kier alpha value is -2.83. The van der Waals surface area contributed by atoms with Gasteiger partial charge in [0.05, 0.1) is 6.20 Å². The maximum atomic E-state index is 12.4. The normalized spacial score (nSPS) is 11.5. The molecular formula is C17H23N5O2. The zero-order valence-electron chi connectivity index (χ0n) is 14.6. The molecule has 7 heteroatoms. The van der Waals surface area contributed by atoms with E-state index in [1.807, 2.05) is 63.4 Å². The number of benzene rings is 1. The molecule has 0 fully saturated rings. The topological polar surface area (TPSA) is 70.6 Å². The molecule has 0 spiro atoms. The summed E-state index contributed by atoms with van der Waals surface area (Å²) in [5, 5.41) is 2.83. The minimum absolute atomic E-state index is 0.261. The molecule has 128 valence electrons. The van der Waals surface area contributed by atoms with E-state index in [1.54, 1.807) is 18.0 Å². The molecule has 1 amide bonds. The third-order valence-corrected chi connectivity index (χ3v) is 3.26. The third-order valence-electron chi connectivity index (χ3n) is 3.26. The van der Waals surface area contributed by atoms with Gasteiger partial charge in [-0.05, 0) is 19.1 Å². The minimum Gasteiger partial charge on any atom is -0.481 e. The van der Waals surface area contributed by atoms with Gasteiger partial charge in [-0.1, -0.05) is 18.2 Å². The summed E-state index contributed by atoms with van der Waals surface area (Å²) >= 11 is 0. The molecule has 24 heavy (non-hydrogen) atoms. The highest BCUT2D eigenvalue weighted by Crippen LogP contribution is 2.23. The van der Waals surface area contributed by atoms with E-state index in [2.05, 4.69) is 15.3 Å². The fourth-order valence-electron chi connectivity index (χ4n) is 2.00. The molecule has 1 aromatic heterocycles. The van der Waals surface area contributed by atoms with E-state index in [4.69, 9.17) is 4.74 Å². The van der Waals surface area contributed by atoms with Crippen molar-refractivity contribution < 1.29 is 9.53 Å². The quantitative estimate of drug-likeness (QED) is 0.874. The van der Waals surface area contributed by atoms with Gasteiger partial charge in [-0.3, -0.25) is 4.79 Å². The molecule has 7 nitrogen and oxygen atoms in total. The van der Waals surface area contributed by atoms with Crippen LogP contribution in [0.5, 0.6) is 5.75 Å². The smallest absolute Gasteiger partial charge is 0.265 e. The highest BCUT2D eigenvalue weighted by Gasteiger charge is 2.18. The first kappa shape index (κ1) is 17.5. The number of para-hydroxylation sites is 1. The number of anilines is 3. The zero-order chi connectivity index (χ0) is 17.7. The van der Waals surface area contributed by atoms with E-state index in [1.165, 1.54) is 0 Å². The maximum Gasteiger partial charge on any atom is 0.265 e. The monoisotopic (exact) mass is 329 g/mol. The van der Waals surface area contributed by atoms with Crippen molar-refractivity contribution in [3.8, 4) is 5.75 Å². The van der Waals surface area contributed by atoms with Crippen molar-refractivity contribution in [3.05, 3.63) is 36.5 Å². The average molecular weight is 329 g/mol. The number of hydrogen-bond acceptors (Lipinski definition) is 6. The summed E-state index contributed by atoms with van der Waals surface area (Å²) in [6.07, 6.45) is 0.959. The van der Waals surface area contributed by atoms with Crippen LogP contribution in [0.2, 0.25) is 0 Å². The van der Waals surface area contributed by atoms with Crippen molar-refractivity contribution in [1.82, 2.24) is 9.97 Å². The Bertz CT molecular complexity index is 689. The molecule has 1 heterocycles. The lowest BCUT2D eigenvalue weighted by Gasteiger charge is -2.20. The first-order valence-electron chi connectivity index (χ1n) is 7.62.